The maximum absolute atomic E-state index is 12.0. The molecule has 1 aromatic rings. The molecule has 1 rings (SSSR count). The molecule has 0 amide bonds. The Balaban J connectivity index is 3.32. The first-order chi connectivity index (χ1) is 7.29. The van der Waals surface area contributed by atoms with Gasteiger partial charge in [0, 0.05) is 11.6 Å². The Bertz CT molecular complexity index is 473. The van der Waals surface area contributed by atoms with Crippen LogP contribution in [0, 0.1) is 13.8 Å². The summed E-state index contributed by atoms with van der Waals surface area (Å²) in [6.07, 6.45) is 0. The van der Waals surface area contributed by atoms with E-state index in [0.717, 1.165) is 0 Å². The molecular weight excluding hydrogens is 230 g/mol. The van der Waals surface area contributed by atoms with Gasteiger partial charge in [-0.25, -0.2) is 13.1 Å². The molecule has 0 bridgehead atoms. The van der Waals surface area contributed by atoms with Crippen LogP contribution in [0.15, 0.2) is 9.31 Å². The molecule has 0 aliphatic rings. The number of hydrogen-bond acceptors (Lipinski definition) is 4. The lowest BCUT2D eigenvalue weighted by Gasteiger charge is -2.09. The number of aliphatic hydroxyl groups excluding tert-OH is 1. The van der Waals surface area contributed by atoms with Crippen LogP contribution in [0.1, 0.15) is 30.9 Å². The summed E-state index contributed by atoms with van der Waals surface area (Å²) in [6, 6.07) is -0.203. The molecule has 0 radical (unpaired) electrons. The van der Waals surface area contributed by atoms with Crippen LogP contribution in [-0.4, -0.2) is 19.6 Å². The third-order valence-corrected chi connectivity index (χ3v) is 4.00. The summed E-state index contributed by atoms with van der Waals surface area (Å²) >= 11 is 0. The Labute approximate surface area is 95.5 Å². The SMILES string of the molecule is Cc1oc(C)c(S(=O)(=O)NC(C)C)c1CO. The first-order valence-electron chi connectivity index (χ1n) is 5.01. The second kappa shape index (κ2) is 4.57. The molecule has 0 unspecified atom stereocenters. The summed E-state index contributed by atoms with van der Waals surface area (Å²) < 4.78 is 31.6. The van der Waals surface area contributed by atoms with Crippen molar-refractivity contribution in [3.63, 3.8) is 0 Å². The molecule has 0 fully saturated rings. The first-order valence-corrected chi connectivity index (χ1v) is 6.50. The number of aliphatic hydroxyl groups is 1. The first kappa shape index (κ1) is 13.2. The van der Waals surface area contributed by atoms with E-state index in [-0.39, 0.29) is 17.5 Å². The summed E-state index contributed by atoms with van der Waals surface area (Å²) in [5.41, 5.74) is 0.325. The van der Waals surface area contributed by atoms with Gasteiger partial charge in [-0.05, 0) is 27.7 Å². The molecular formula is C10H17NO4S. The van der Waals surface area contributed by atoms with Crippen LogP contribution in [0.3, 0.4) is 0 Å². The molecule has 0 aromatic carbocycles. The zero-order chi connectivity index (χ0) is 12.5. The zero-order valence-electron chi connectivity index (χ0n) is 9.86. The highest BCUT2D eigenvalue weighted by Crippen LogP contribution is 2.26. The topological polar surface area (TPSA) is 79.5 Å². The molecule has 1 aromatic heterocycles. The lowest BCUT2D eigenvalue weighted by molar-refractivity contribution is 0.276. The summed E-state index contributed by atoms with van der Waals surface area (Å²) in [4.78, 5) is 0.0567. The van der Waals surface area contributed by atoms with E-state index in [2.05, 4.69) is 4.72 Å². The van der Waals surface area contributed by atoms with Crippen LogP contribution in [0.4, 0.5) is 0 Å². The minimum absolute atomic E-state index is 0.0567. The summed E-state index contributed by atoms with van der Waals surface area (Å²) in [5.74, 6) is 0.735. The highest BCUT2D eigenvalue weighted by Gasteiger charge is 2.26. The second-order valence-electron chi connectivity index (χ2n) is 3.96. The monoisotopic (exact) mass is 247 g/mol. The van der Waals surface area contributed by atoms with E-state index >= 15 is 0 Å². The van der Waals surface area contributed by atoms with Gasteiger partial charge in [0.25, 0.3) is 0 Å². The fraction of sp³-hybridized carbons (Fsp3) is 0.600. The van der Waals surface area contributed by atoms with Gasteiger partial charge in [0.15, 0.2) is 0 Å². The van der Waals surface area contributed by atoms with Gasteiger partial charge in [0.05, 0.1) is 6.61 Å². The van der Waals surface area contributed by atoms with Crippen molar-refractivity contribution < 1.29 is 17.9 Å². The average Bonchev–Trinajstić information content (AvgIpc) is 2.38. The van der Waals surface area contributed by atoms with Gasteiger partial charge in [-0.3, -0.25) is 0 Å². The minimum Gasteiger partial charge on any atom is -0.465 e. The molecule has 5 nitrogen and oxygen atoms in total. The number of nitrogens with one attached hydrogen (secondary N) is 1. The molecule has 2 N–H and O–H groups in total. The van der Waals surface area contributed by atoms with Gasteiger partial charge in [-0.1, -0.05) is 0 Å². The van der Waals surface area contributed by atoms with Crippen molar-refractivity contribution in [1.82, 2.24) is 4.72 Å². The quantitative estimate of drug-likeness (QED) is 0.834. The normalized spacial score (nSPS) is 12.4. The number of hydrogen-bond donors (Lipinski definition) is 2. The smallest absolute Gasteiger partial charge is 0.244 e. The lowest BCUT2D eigenvalue weighted by Crippen LogP contribution is -2.31. The van der Waals surface area contributed by atoms with E-state index in [4.69, 9.17) is 9.52 Å². The van der Waals surface area contributed by atoms with Crippen molar-refractivity contribution >= 4 is 10.0 Å². The van der Waals surface area contributed by atoms with Crippen molar-refractivity contribution in [3.05, 3.63) is 17.1 Å². The van der Waals surface area contributed by atoms with Gasteiger partial charge in [0.1, 0.15) is 16.4 Å². The highest BCUT2D eigenvalue weighted by molar-refractivity contribution is 7.89. The van der Waals surface area contributed by atoms with Crippen LogP contribution in [0.5, 0.6) is 0 Å². The summed E-state index contributed by atoms with van der Waals surface area (Å²) in [7, 11) is -3.62. The minimum atomic E-state index is -3.62. The van der Waals surface area contributed by atoms with Crippen molar-refractivity contribution in [2.75, 3.05) is 0 Å². The van der Waals surface area contributed by atoms with Gasteiger partial charge in [-0.2, -0.15) is 0 Å². The molecule has 0 atom stereocenters. The van der Waals surface area contributed by atoms with Crippen LogP contribution < -0.4 is 4.72 Å². The van der Waals surface area contributed by atoms with E-state index in [9.17, 15) is 8.42 Å². The molecule has 0 spiro atoms. The summed E-state index contributed by atoms with van der Waals surface area (Å²) in [6.45, 7) is 6.32. The maximum Gasteiger partial charge on any atom is 0.244 e. The maximum atomic E-state index is 12.0. The van der Waals surface area contributed by atoms with Crippen LogP contribution in [-0.2, 0) is 16.6 Å². The fourth-order valence-electron chi connectivity index (χ4n) is 1.61. The van der Waals surface area contributed by atoms with Crippen molar-refractivity contribution in [2.24, 2.45) is 0 Å². The highest BCUT2D eigenvalue weighted by atomic mass is 32.2. The van der Waals surface area contributed by atoms with E-state index < -0.39 is 10.0 Å². The average molecular weight is 247 g/mol. The predicted octanol–water partition coefficient (Wildman–Crippen LogP) is 1.08. The van der Waals surface area contributed by atoms with Crippen molar-refractivity contribution in [2.45, 2.75) is 45.2 Å². The number of furan rings is 1. The summed E-state index contributed by atoms with van der Waals surface area (Å²) in [5, 5.41) is 9.16. The Morgan fingerprint density at radius 2 is 1.88 bits per heavy atom. The van der Waals surface area contributed by atoms with E-state index in [0.29, 0.717) is 17.1 Å². The van der Waals surface area contributed by atoms with Gasteiger partial charge >= 0.3 is 0 Å². The number of aryl methyl sites for hydroxylation is 2. The van der Waals surface area contributed by atoms with Crippen LogP contribution >= 0.6 is 0 Å². The van der Waals surface area contributed by atoms with E-state index in [1.54, 1.807) is 27.7 Å². The molecule has 16 heavy (non-hydrogen) atoms. The van der Waals surface area contributed by atoms with Gasteiger partial charge < -0.3 is 9.52 Å². The van der Waals surface area contributed by atoms with Crippen molar-refractivity contribution in [1.29, 1.82) is 0 Å². The number of sulfonamides is 1. The second-order valence-corrected chi connectivity index (χ2v) is 5.61. The fourth-order valence-corrected chi connectivity index (χ4v) is 3.30. The van der Waals surface area contributed by atoms with Crippen LogP contribution in [0.25, 0.3) is 0 Å². The lowest BCUT2D eigenvalue weighted by atomic mass is 10.2. The molecule has 6 heteroatoms. The third kappa shape index (κ3) is 2.45. The van der Waals surface area contributed by atoms with Crippen LogP contribution in [0.2, 0.25) is 0 Å². The predicted molar refractivity (Wildman–Crippen MR) is 59.6 cm³/mol. The molecule has 92 valence electrons. The molecule has 0 saturated heterocycles. The van der Waals surface area contributed by atoms with Crippen molar-refractivity contribution in [3.8, 4) is 0 Å². The van der Waals surface area contributed by atoms with E-state index in [1.807, 2.05) is 0 Å². The van der Waals surface area contributed by atoms with Gasteiger partial charge in [0.2, 0.25) is 10.0 Å². The Kier molecular flexibility index (Phi) is 3.77. The molecule has 1 heterocycles. The number of rotatable bonds is 4. The molecule has 0 saturated carbocycles. The zero-order valence-corrected chi connectivity index (χ0v) is 10.7. The standard InChI is InChI=1S/C10H17NO4S/c1-6(2)11-16(13,14)10-8(4)15-7(3)9(10)5-12/h6,11-12H,5H2,1-4H3. The Hall–Kier alpha value is -0.850. The largest absolute Gasteiger partial charge is 0.465 e. The third-order valence-electron chi connectivity index (χ3n) is 2.14. The molecule has 0 aliphatic heterocycles. The molecule has 0 aliphatic carbocycles. The van der Waals surface area contributed by atoms with E-state index in [1.165, 1.54) is 0 Å². The van der Waals surface area contributed by atoms with Gasteiger partial charge in [-0.15, -0.1) is 0 Å². The Morgan fingerprint density at radius 1 is 1.31 bits per heavy atom. The Morgan fingerprint density at radius 3 is 2.31 bits per heavy atom.